The Morgan fingerprint density at radius 1 is 1.10 bits per heavy atom. The largest absolute Gasteiger partial charge is 0.351 e. The molecule has 4 rings (SSSR count). The van der Waals surface area contributed by atoms with Gasteiger partial charge in [-0.25, -0.2) is 4.98 Å². The van der Waals surface area contributed by atoms with Gasteiger partial charge in [0.15, 0.2) is 0 Å². The molecule has 0 bridgehead atoms. The van der Waals surface area contributed by atoms with E-state index in [1.165, 1.54) is 25.3 Å². The Labute approximate surface area is 175 Å². The third-order valence-corrected chi connectivity index (χ3v) is 5.39. The number of aromatic nitrogens is 3. The fourth-order valence-corrected chi connectivity index (χ4v) is 3.76. The van der Waals surface area contributed by atoms with E-state index in [2.05, 4.69) is 20.6 Å². The van der Waals surface area contributed by atoms with Crippen LogP contribution in [0.3, 0.4) is 0 Å². The molecular formula is C22H24N6O2. The van der Waals surface area contributed by atoms with Crippen LogP contribution in [0.25, 0.3) is 11.3 Å². The van der Waals surface area contributed by atoms with Crippen molar-refractivity contribution in [3.63, 3.8) is 0 Å². The molecule has 0 unspecified atom stereocenters. The number of nitro groups is 1. The van der Waals surface area contributed by atoms with Crippen molar-refractivity contribution in [1.82, 2.24) is 15.0 Å². The lowest BCUT2D eigenvalue weighted by Gasteiger charge is -2.23. The fourth-order valence-electron chi connectivity index (χ4n) is 3.76. The molecule has 3 aromatic rings. The Balaban J connectivity index is 1.69. The third kappa shape index (κ3) is 4.53. The maximum Gasteiger partial charge on any atom is 0.274 e. The first kappa shape index (κ1) is 19.8. The first-order valence-electron chi connectivity index (χ1n) is 10.2. The van der Waals surface area contributed by atoms with Crippen LogP contribution in [0.15, 0.2) is 48.8 Å². The normalized spacial score (nSPS) is 14.3. The Morgan fingerprint density at radius 3 is 2.67 bits per heavy atom. The molecule has 8 heteroatoms. The lowest BCUT2D eigenvalue weighted by molar-refractivity contribution is -0.385. The zero-order valence-electron chi connectivity index (χ0n) is 16.8. The molecule has 2 N–H and O–H groups in total. The molecule has 2 aromatic heterocycles. The third-order valence-electron chi connectivity index (χ3n) is 5.39. The van der Waals surface area contributed by atoms with Gasteiger partial charge in [0, 0.05) is 41.8 Å². The summed E-state index contributed by atoms with van der Waals surface area (Å²) in [6, 6.07) is 11.0. The number of nitrogens with one attached hydrogen (secondary N) is 2. The smallest absolute Gasteiger partial charge is 0.274 e. The summed E-state index contributed by atoms with van der Waals surface area (Å²) in [7, 11) is 0. The van der Waals surface area contributed by atoms with Crippen molar-refractivity contribution >= 4 is 23.1 Å². The first-order chi connectivity index (χ1) is 14.6. The van der Waals surface area contributed by atoms with Crippen LogP contribution < -0.4 is 10.6 Å². The number of hydrogen-bond acceptors (Lipinski definition) is 7. The molecule has 1 aliphatic carbocycles. The van der Waals surface area contributed by atoms with Crippen LogP contribution in [0.1, 0.15) is 37.7 Å². The van der Waals surface area contributed by atoms with Crippen molar-refractivity contribution in [3.8, 4) is 11.3 Å². The molecule has 0 saturated heterocycles. The number of rotatable bonds is 6. The van der Waals surface area contributed by atoms with Crippen molar-refractivity contribution in [2.45, 2.75) is 45.1 Å². The summed E-state index contributed by atoms with van der Waals surface area (Å²) in [6.07, 6.45) is 9.37. The second-order valence-electron chi connectivity index (χ2n) is 7.51. The van der Waals surface area contributed by atoms with E-state index >= 15 is 0 Å². The Hall–Kier alpha value is -3.55. The summed E-state index contributed by atoms with van der Waals surface area (Å²) < 4.78 is 0. The van der Waals surface area contributed by atoms with Gasteiger partial charge in [0.2, 0.25) is 5.95 Å². The molecule has 0 aliphatic heterocycles. The van der Waals surface area contributed by atoms with Crippen molar-refractivity contribution in [1.29, 1.82) is 0 Å². The molecule has 0 amide bonds. The molecule has 0 spiro atoms. The second kappa shape index (κ2) is 8.86. The molecule has 1 saturated carbocycles. The van der Waals surface area contributed by atoms with E-state index < -0.39 is 0 Å². The molecule has 30 heavy (non-hydrogen) atoms. The predicted molar refractivity (Wildman–Crippen MR) is 117 cm³/mol. The quantitative estimate of drug-likeness (QED) is 0.427. The number of nitro benzene ring substituents is 1. The monoisotopic (exact) mass is 404 g/mol. The van der Waals surface area contributed by atoms with E-state index in [-0.39, 0.29) is 10.6 Å². The van der Waals surface area contributed by atoms with E-state index in [4.69, 9.17) is 4.98 Å². The summed E-state index contributed by atoms with van der Waals surface area (Å²) >= 11 is 0. The van der Waals surface area contributed by atoms with E-state index in [1.54, 1.807) is 25.4 Å². The minimum atomic E-state index is -0.377. The van der Waals surface area contributed by atoms with E-state index in [1.807, 2.05) is 24.3 Å². The number of pyridine rings is 1. The van der Waals surface area contributed by atoms with E-state index in [0.717, 1.165) is 24.1 Å². The topological polar surface area (TPSA) is 106 Å². The lowest BCUT2D eigenvalue weighted by Crippen LogP contribution is -2.23. The minimum Gasteiger partial charge on any atom is -0.351 e. The SMILES string of the molecule is Cc1c(Nc2cc(-c3cccnc3)nc(NC3CCCCC3)n2)cccc1[N+](=O)[O-]. The highest BCUT2D eigenvalue weighted by Gasteiger charge is 2.17. The zero-order chi connectivity index (χ0) is 20.9. The molecule has 154 valence electrons. The summed E-state index contributed by atoms with van der Waals surface area (Å²) in [4.78, 5) is 24.4. The van der Waals surface area contributed by atoms with Gasteiger partial charge in [0.1, 0.15) is 5.82 Å². The highest BCUT2D eigenvalue weighted by Crippen LogP contribution is 2.29. The zero-order valence-corrected chi connectivity index (χ0v) is 16.8. The summed E-state index contributed by atoms with van der Waals surface area (Å²) in [5, 5.41) is 18.0. The van der Waals surface area contributed by atoms with Crippen LogP contribution in [0.2, 0.25) is 0 Å². The van der Waals surface area contributed by atoms with Crippen LogP contribution in [-0.2, 0) is 0 Å². The summed E-state index contributed by atoms with van der Waals surface area (Å²) in [6.45, 7) is 1.73. The van der Waals surface area contributed by atoms with Gasteiger partial charge < -0.3 is 10.6 Å². The maximum absolute atomic E-state index is 11.3. The highest BCUT2D eigenvalue weighted by molar-refractivity contribution is 5.70. The van der Waals surface area contributed by atoms with Gasteiger partial charge in [-0.3, -0.25) is 15.1 Å². The van der Waals surface area contributed by atoms with Gasteiger partial charge >= 0.3 is 0 Å². The van der Waals surface area contributed by atoms with Crippen LogP contribution >= 0.6 is 0 Å². The molecular weight excluding hydrogens is 380 g/mol. The van der Waals surface area contributed by atoms with Gasteiger partial charge in [0.25, 0.3) is 5.69 Å². The van der Waals surface area contributed by atoms with E-state index in [9.17, 15) is 10.1 Å². The van der Waals surface area contributed by atoms with Crippen LogP contribution in [0.5, 0.6) is 0 Å². The van der Waals surface area contributed by atoms with Gasteiger partial charge in [0.05, 0.1) is 16.2 Å². The minimum absolute atomic E-state index is 0.0714. The molecule has 1 aromatic carbocycles. The van der Waals surface area contributed by atoms with Crippen LogP contribution in [-0.4, -0.2) is 25.9 Å². The molecule has 8 nitrogen and oxygen atoms in total. The predicted octanol–water partition coefficient (Wildman–Crippen LogP) is 5.24. The molecule has 0 radical (unpaired) electrons. The fraction of sp³-hybridized carbons (Fsp3) is 0.318. The Bertz CT molecular complexity index is 1040. The number of benzene rings is 1. The summed E-state index contributed by atoms with van der Waals surface area (Å²) in [5.74, 6) is 1.12. The maximum atomic E-state index is 11.3. The average Bonchev–Trinajstić information content (AvgIpc) is 2.76. The first-order valence-corrected chi connectivity index (χ1v) is 10.2. The average molecular weight is 404 g/mol. The number of nitrogens with zero attached hydrogens (tertiary/aromatic N) is 4. The van der Waals surface area contributed by atoms with Crippen molar-refractivity contribution in [2.75, 3.05) is 10.6 Å². The second-order valence-corrected chi connectivity index (χ2v) is 7.51. The van der Waals surface area contributed by atoms with Gasteiger partial charge in [-0.15, -0.1) is 0 Å². The van der Waals surface area contributed by atoms with Crippen LogP contribution in [0.4, 0.5) is 23.1 Å². The lowest BCUT2D eigenvalue weighted by atomic mass is 9.96. The number of anilines is 3. The van der Waals surface area contributed by atoms with Crippen molar-refractivity contribution in [2.24, 2.45) is 0 Å². The summed E-state index contributed by atoms with van der Waals surface area (Å²) in [5.41, 5.74) is 2.89. The van der Waals surface area contributed by atoms with Crippen molar-refractivity contribution < 1.29 is 4.92 Å². The standard InChI is InChI=1S/C22H24N6O2/c1-15-18(10-5-11-20(15)28(29)30)25-21-13-19(16-7-6-12-23-14-16)26-22(27-21)24-17-8-3-2-4-9-17/h5-7,10-14,17H,2-4,8-9H2,1H3,(H2,24,25,26,27). The molecule has 1 fully saturated rings. The Morgan fingerprint density at radius 2 is 1.93 bits per heavy atom. The van der Waals surface area contributed by atoms with Gasteiger partial charge in [-0.2, -0.15) is 4.98 Å². The van der Waals surface area contributed by atoms with Crippen LogP contribution in [0, 0.1) is 17.0 Å². The highest BCUT2D eigenvalue weighted by atomic mass is 16.6. The Kier molecular flexibility index (Phi) is 5.83. The molecule has 0 atom stereocenters. The van der Waals surface area contributed by atoms with Crippen molar-refractivity contribution in [3.05, 3.63) is 64.5 Å². The number of hydrogen-bond donors (Lipinski definition) is 2. The van der Waals surface area contributed by atoms with E-state index in [0.29, 0.717) is 29.1 Å². The molecule has 1 aliphatic rings. The van der Waals surface area contributed by atoms with Gasteiger partial charge in [-0.1, -0.05) is 25.3 Å². The van der Waals surface area contributed by atoms with Gasteiger partial charge in [-0.05, 0) is 38.0 Å². The molecule has 2 heterocycles.